The summed E-state index contributed by atoms with van der Waals surface area (Å²) in [5, 5.41) is 0. The second-order valence-corrected chi connectivity index (χ2v) is 4.82. The van der Waals surface area contributed by atoms with Crippen molar-refractivity contribution < 1.29 is 4.74 Å². The van der Waals surface area contributed by atoms with Gasteiger partial charge in [-0.3, -0.25) is 0 Å². The van der Waals surface area contributed by atoms with E-state index in [0.717, 1.165) is 37.5 Å². The van der Waals surface area contributed by atoms with Gasteiger partial charge in [-0.25, -0.2) is 0 Å². The second kappa shape index (κ2) is 7.60. The molecule has 1 aromatic rings. The molecule has 2 heteroatoms. The third-order valence-corrected chi connectivity index (χ3v) is 3.26. The fourth-order valence-electron chi connectivity index (χ4n) is 2.00. The van der Waals surface area contributed by atoms with E-state index < -0.39 is 0 Å². The minimum absolute atomic E-state index is 0.530. The molecule has 0 heterocycles. The molecule has 0 aliphatic rings. The van der Waals surface area contributed by atoms with Gasteiger partial charge in [-0.2, -0.15) is 0 Å². The number of hydrogen-bond acceptors (Lipinski definition) is 1. The van der Waals surface area contributed by atoms with Gasteiger partial charge in [-0.15, -0.1) is 11.6 Å². The van der Waals surface area contributed by atoms with Gasteiger partial charge in [0, 0.05) is 5.88 Å². The van der Waals surface area contributed by atoms with Crippen molar-refractivity contribution >= 4 is 11.6 Å². The number of rotatable bonds is 7. The lowest BCUT2D eigenvalue weighted by Gasteiger charge is -2.16. The van der Waals surface area contributed by atoms with Crippen LogP contribution < -0.4 is 4.74 Å². The average molecular weight is 255 g/mol. The first kappa shape index (κ1) is 14.4. The number of benzene rings is 1. The Balaban J connectivity index is 2.84. The lowest BCUT2D eigenvalue weighted by atomic mass is 9.92. The van der Waals surface area contributed by atoms with Crippen molar-refractivity contribution in [1.82, 2.24) is 0 Å². The van der Waals surface area contributed by atoms with Gasteiger partial charge < -0.3 is 4.74 Å². The molecule has 1 unspecified atom stereocenters. The molecule has 1 nitrogen and oxygen atoms in total. The van der Waals surface area contributed by atoms with Crippen molar-refractivity contribution in [2.45, 2.75) is 46.0 Å². The molecule has 1 atom stereocenters. The van der Waals surface area contributed by atoms with Crippen molar-refractivity contribution in [3.8, 4) is 5.75 Å². The van der Waals surface area contributed by atoms with E-state index in [9.17, 15) is 0 Å². The van der Waals surface area contributed by atoms with E-state index >= 15 is 0 Å². The first-order valence-corrected chi connectivity index (χ1v) is 7.07. The quantitative estimate of drug-likeness (QED) is 0.637. The highest BCUT2D eigenvalue weighted by Gasteiger charge is 2.10. The van der Waals surface area contributed by atoms with Crippen LogP contribution in [0.25, 0.3) is 0 Å². The summed E-state index contributed by atoms with van der Waals surface area (Å²) in [5.74, 6) is 2.24. The molecule has 0 bridgehead atoms. The molecule has 0 fully saturated rings. The average Bonchev–Trinajstić information content (AvgIpc) is 2.36. The van der Waals surface area contributed by atoms with Gasteiger partial charge in [-0.05, 0) is 48.4 Å². The predicted octanol–water partition coefficient (Wildman–Crippen LogP) is 4.77. The first-order chi connectivity index (χ1) is 8.22. The van der Waals surface area contributed by atoms with Crippen molar-refractivity contribution in [1.29, 1.82) is 0 Å². The van der Waals surface area contributed by atoms with Crippen molar-refractivity contribution in [3.05, 3.63) is 29.3 Å². The maximum atomic E-state index is 5.82. The van der Waals surface area contributed by atoms with E-state index in [1.165, 1.54) is 11.1 Å². The Morgan fingerprint density at radius 1 is 1.29 bits per heavy atom. The van der Waals surface area contributed by atoms with Crippen LogP contribution in [0.1, 0.15) is 50.7 Å². The van der Waals surface area contributed by atoms with Gasteiger partial charge in [-0.1, -0.05) is 26.8 Å². The van der Waals surface area contributed by atoms with Crippen LogP contribution in [0, 0.1) is 0 Å². The SMILES string of the molecule is CCCOc1ccc(C(C)CCCl)c(CC)c1. The number of hydrogen-bond donors (Lipinski definition) is 0. The zero-order valence-corrected chi connectivity index (χ0v) is 11.9. The van der Waals surface area contributed by atoms with Gasteiger partial charge in [0.05, 0.1) is 6.61 Å². The minimum atomic E-state index is 0.530. The summed E-state index contributed by atoms with van der Waals surface area (Å²) >= 11 is 5.82. The fraction of sp³-hybridized carbons (Fsp3) is 0.600. The van der Waals surface area contributed by atoms with Crippen molar-refractivity contribution in [2.24, 2.45) is 0 Å². The molecular weight excluding hydrogens is 232 g/mol. The zero-order chi connectivity index (χ0) is 12.7. The van der Waals surface area contributed by atoms with Crippen LogP contribution in [0.5, 0.6) is 5.75 Å². The standard InChI is InChI=1S/C15H23ClO/c1-4-10-17-14-6-7-15(12(3)8-9-16)13(5-2)11-14/h6-7,11-12H,4-5,8-10H2,1-3H3. The Kier molecular flexibility index (Phi) is 6.43. The summed E-state index contributed by atoms with van der Waals surface area (Å²) in [7, 11) is 0. The van der Waals surface area contributed by atoms with E-state index in [0.29, 0.717) is 5.92 Å². The van der Waals surface area contributed by atoms with Crippen LogP contribution in [0.2, 0.25) is 0 Å². The lowest BCUT2D eigenvalue weighted by Crippen LogP contribution is -2.02. The third-order valence-electron chi connectivity index (χ3n) is 3.04. The third kappa shape index (κ3) is 4.23. The van der Waals surface area contributed by atoms with Crippen LogP contribution in [0.15, 0.2) is 18.2 Å². The van der Waals surface area contributed by atoms with Gasteiger partial charge in [0.1, 0.15) is 5.75 Å². The minimum Gasteiger partial charge on any atom is -0.494 e. The molecule has 0 aromatic heterocycles. The largest absolute Gasteiger partial charge is 0.494 e. The zero-order valence-electron chi connectivity index (χ0n) is 11.1. The van der Waals surface area contributed by atoms with Gasteiger partial charge in [0.25, 0.3) is 0 Å². The molecule has 0 N–H and O–H groups in total. The monoisotopic (exact) mass is 254 g/mol. The maximum absolute atomic E-state index is 5.82. The molecule has 0 saturated carbocycles. The van der Waals surface area contributed by atoms with E-state index in [4.69, 9.17) is 16.3 Å². The lowest BCUT2D eigenvalue weighted by molar-refractivity contribution is 0.317. The van der Waals surface area contributed by atoms with Crippen LogP contribution in [0.3, 0.4) is 0 Å². The Bertz CT molecular complexity index is 336. The Hall–Kier alpha value is -0.690. The van der Waals surface area contributed by atoms with Gasteiger partial charge >= 0.3 is 0 Å². The molecule has 0 amide bonds. The smallest absolute Gasteiger partial charge is 0.119 e. The molecule has 0 aliphatic carbocycles. The molecule has 96 valence electrons. The summed E-state index contributed by atoms with van der Waals surface area (Å²) < 4.78 is 5.67. The summed E-state index contributed by atoms with van der Waals surface area (Å²) in [6.45, 7) is 7.34. The molecular formula is C15H23ClO. The van der Waals surface area contributed by atoms with Crippen LogP contribution in [-0.4, -0.2) is 12.5 Å². The van der Waals surface area contributed by atoms with Crippen molar-refractivity contribution in [2.75, 3.05) is 12.5 Å². The number of aryl methyl sites for hydroxylation is 1. The van der Waals surface area contributed by atoms with Gasteiger partial charge in [0.2, 0.25) is 0 Å². The molecule has 1 rings (SSSR count). The van der Waals surface area contributed by atoms with Crippen LogP contribution in [0.4, 0.5) is 0 Å². The summed E-state index contributed by atoms with van der Waals surface area (Å²) in [6.07, 6.45) is 3.13. The molecule has 0 radical (unpaired) electrons. The van der Waals surface area contributed by atoms with Crippen molar-refractivity contribution in [3.63, 3.8) is 0 Å². The van der Waals surface area contributed by atoms with E-state index in [1.54, 1.807) is 0 Å². The molecule has 0 aliphatic heterocycles. The second-order valence-electron chi connectivity index (χ2n) is 4.44. The number of alkyl halides is 1. The fourth-order valence-corrected chi connectivity index (χ4v) is 2.33. The highest BCUT2D eigenvalue weighted by molar-refractivity contribution is 6.17. The summed E-state index contributed by atoms with van der Waals surface area (Å²) in [6, 6.07) is 6.45. The molecule has 17 heavy (non-hydrogen) atoms. The van der Waals surface area contributed by atoms with Crippen LogP contribution >= 0.6 is 11.6 Å². The highest BCUT2D eigenvalue weighted by Crippen LogP contribution is 2.27. The van der Waals surface area contributed by atoms with Crippen LogP contribution in [-0.2, 0) is 6.42 Å². The normalized spacial score (nSPS) is 12.5. The van der Waals surface area contributed by atoms with Gasteiger partial charge in [0.15, 0.2) is 0 Å². The Morgan fingerprint density at radius 2 is 2.06 bits per heavy atom. The summed E-state index contributed by atoms with van der Waals surface area (Å²) in [4.78, 5) is 0. The number of ether oxygens (including phenoxy) is 1. The Labute approximate surface area is 110 Å². The van der Waals surface area contributed by atoms with E-state index in [2.05, 4.69) is 39.0 Å². The molecule has 1 aromatic carbocycles. The highest BCUT2D eigenvalue weighted by atomic mass is 35.5. The predicted molar refractivity (Wildman–Crippen MR) is 75.4 cm³/mol. The topological polar surface area (TPSA) is 9.23 Å². The maximum Gasteiger partial charge on any atom is 0.119 e. The van der Waals surface area contributed by atoms with E-state index in [-0.39, 0.29) is 0 Å². The Morgan fingerprint density at radius 3 is 2.65 bits per heavy atom. The van der Waals surface area contributed by atoms with E-state index in [1.807, 2.05) is 0 Å². The molecule has 0 saturated heterocycles. The first-order valence-electron chi connectivity index (χ1n) is 6.54. The molecule has 0 spiro atoms. The number of halogens is 1. The summed E-state index contributed by atoms with van der Waals surface area (Å²) in [5.41, 5.74) is 2.80.